The van der Waals surface area contributed by atoms with Crippen molar-refractivity contribution in [2.45, 2.75) is 5.75 Å². The minimum atomic E-state index is -0.743. The van der Waals surface area contributed by atoms with Crippen LogP contribution in [0.1, 0.15) is 5.56 Å². The second-order valence-electron chi connectivity index (χ2n) is 5.01. The first-order valence-corrected chi connectivity index (χ1v) is 8.46. The average Bonchev–Trinajstić information content (AvgIpc) is 2.95. The largest absolute Gasteiger partial charge is 0.454 e. The maximum atomic E-state index is 13.1. The minimum Gasteiger partial charge on any atom is -0.454 e. The number of carbonyl (C=O) groups is 1. The molecule has 1 aliphatic heterocycles. The van der Waals surface area contributed by atoms with Gasteiger partial charge in [-0.1, -0.05) is 11.6 Å². The molecule has 0 atom stereocenters. The second-order valence-corrected chi connectivity index (χ2v) is 6.40. The number of hydrogen-bond acceptors (Lipinski definition) is 4. The fourth-order valence-corrected chi connectivity index (χ4v) is 3.24. The van der Waals surface area contributed by atoms with Crippen LogP contribution in [-0.2, 0) is 10.5 Å². The SMILES string of the molecule is O=C(CSCc1cc(Cl)c2c(c1)OCO2)Nc1cc(F)cc(F)c1. The molecule has 0 aliphatic carbocycles. The van der Waals surface area contributed by atoms with Crippen LogP contribution in [0, 0.1) is 11.6 Å². The number of thioether (sulfide) groups is 1. The van der Waals surface area contributed by atoms with Gasteiger partial charge in [0.15, 0.2) is 11.5 Å². The quantitative estimate of drug-likeness (QED) is 0.855. The number of hydrogen-bond donors (Lipinski definition) is 1. The van der Waals surface area contributed by atoms with Crippen LogP contribution in [0.5, 0.6) is 11.5 Å². The van der Waals surface area contributed by atoms with E-state index in [4.69, 9.17) is 21.1 Å². The summed E-state index contributed by atoms with van der Waals surface area (Å²) in [6.45, 7) is 0.137. The lowest BCUT2D eigenvalue weighted by Gasteiger charge is -2.07. The van der Waals surface area contributed by atoms with Crippen molar-refractivity contribution in [1.29, 1.82) is 0 Å². The summed E-state index contributed by atoms with van der Waals surface area (Å²) in [6.07, 6.45) is 0. The van der Waals surface area contributed by atoms with Crippen LogP contribution in [0.2, 0.25) is 5.02 Å². The molecule has 3 rings (SSSR count). The number of rotatable bonds is 5. The van der Waals surface area contributed by atoms with E-state index in [0.29, 0.717) is 22.3 Å². The molecule has 2 aromatic rings. The Morgan fingerprint density at radius 1 is 1.17 bits per heavy atom. The Kier molecular flexibility index (Phi) is 5.11. The molecular weight excluding hydrogens is 360 g/mol. The van der Waals surface area contributed by atoms with Crippen molar-refractivity contribution < 1.29 is 23.0 Å². The monoisotopic (exact) mass is 371 g/mol. The van der Waals surface area contributed by atoms with Gasteiger partial charge in [0.1, 0.15) is 11.6 Å². The zero-order valence-corrected chi connectivity index (χ0v) is 13.8. The van der Waals surface area contributed by atoms with Crippen LogP contribution in [0.3, 0.4) is 0 Å². The van der Waals surface area contributed by atoms with Gasteiger partial charge in [0.25, 0.3) is 0 Å². The Morgan fingerprint density at radius 3 is 2.67 bits per heavy atom. The number of carbonyl (C=O) groups excluding carboxylic acids is 1. The molecule has 0 aromatic heterocycles. The summed E-state index contributed by atoms with van der Waals surface area (Å²) in [4.78, 5) is 11.8. The van der Waals surface area contributed by atoms with Gasteiger partial charge in [0, 0.05) is 17.5 Å². The average molecular weight is 372 g/mol. The molecule has 0 radical (unpaired) electrons. The lowest BCUT2D eigenvalue weighted by Crippen LogP contribution is -2.14. The van der Waals surface area contributed by atoms with Crippen molar-refractivity contribution in [3.8, 4) is 11.5 Å². The Labute approximate surface area is 146 Å². The second kappa shape index (κ2) is 7.27. The number of nitrogens with one attached hydrogen (secondary N) is 1. The number of ether oxygens (including phenoxy) is 2. The predicted octanol–water partition coefficient (Wildman–Crippen LogP) is 4.22. The maximum Gasteiger partial charge on any atom is 0.234 e. The third kappa shape index (κ3) is 4.10. The Bertz CT molecular complexity index is 768. The summed E-state index contributed by atoms with van der Waals surface area (Å²) < 4.78 is 36.6. The number of amides is 1. The summed E-state index contributed by atoms with van der Waals surface area (Å²) in [7, 11) is 0. The first kappa shape index (κ1) is 16.9. The number of fused-ring (bicyclic) bond motifs is 1. The van der Waals surface area contributed by atoms with Crippen LogP contribution >= 0.6 is 23.4 Å². The molecule has 1 heterocycles. The Hall–Kier alpha value is -1.99. The van der Waals surface area contributed by atoms with Gasteiger partial charge in [0.2, 0.25) is 12.7 Å². The van der Waals surface area contributed by atoms with E-state index in [1.54, 1.807) is 12.1 Å². The standard InChI is InChI=1S/C16H12ClF2NO3S/c17-13-1-9(2-14-16(13)23-8-22-14)6-24-7-15(21)20-12-4-10(18)3-11(19)5-12/h1-5H,6-8H2,(H,20,21). The molecule has 1 aliphatic rings. The van der Waals surface area contributed by atoms with Crippen molar-refractivity contribution in [2.75, 3.05) is 17.9 Å². The van der Waals surface area contributed by atoms with E-state index < -0.39 is 11.6 Å². The fourth-order valence-electron chi connectivity index (χ4n) is 2.19. The van der Waals surface area contributed by atoms with E-state index in [1.807, 2.05) is 0 Å². The maximum absolute atomic E-state index is 13.1. The van der Waals surface area contributed by atoms with E-state index in [0.717, 1.165) is 23.8 Å². The molecule has 0 fully saturated rings. The first-order valence-electron chi connectivity index (χ1n) is 6.93. The minimum absolute atomic E-state index is 0.0872. The third-order valence-corrected chi connectivity index (χ3v) is 4.42. The van der Waals surface area contributed by atoms with Crippen molar-refractivity contribution in [3.63, 3.8) is 0 Å². The van der Waals surface area contributed by atoms with Crippen molar-refractivity contribution >= 4 is 35.0 Å². The normalized spacial score (nSPS) is 12.3. The lowest BCUT2D eigenvalue weighted by molar-refractivity contribution is -0.113. The van der Waals surface area contributed by atoms with Gasteiger partial charge in [-0.2, -0.15) is 0 Å². The van der Waals surface area contributed by atoms with Gasteiger partial charge >= 0.3 is 0 Å². The Morgan fingerprint density at radius 2 is 1.92 bits per heavy atom. The van der Waals surface area contributed by atoms with Crippen LogP contribution in [0.4, 0.5) is 14.5 Å². The van der Waals surface area contributed by atoms with Crippen molar-refractivity contribution in [2.24, 2.45) is 0 Å². The van der Waals surface area contributed by atoms with Gasteiger partial charge in [-0.3, -0.25) is 4.79 Å². The van der Waals surface area contributed by atoms with Crippen molar-refractivity contribution in [1.82, 2.24) is 0 Å². The van der Waals surface area contributed by atoms with E-state index in [-0.39, 0.29) is 24.1 Å². The number of anilines is 1. The summed E-state index contributed by atoms with van der Waals surface area (Å²) in [5.41, 5.74) is 0.975. The molecule has 2 aromatic carbocycles. The fraction of sp³-hybridized carbons (Fsp3) is 0.188. The molecule has 0 spiro atoms. The summed E-state index contributed by atoms with van der Waals surface area (Å²) in [5.74, 6) is -0.0716. The molecular formula is C16H12ClF2NO3S. The van der Waals surface area contributed by atoms with E-state index >= 15 is 0 Å². The molecule has 8 heteroatoms. The molecule has 0 saturated carbocycles. The third-order valence-electron chi connectivity index (χ3n) is 3.14. The van der Waals surface area contributed by atoms with Crippen LogP contribution in [0.25, 0.3) is 0 Å². The van der Waals surface area contributed by atoms with Crippen LogP contribution in [0.15, 0.2) is 30.3 Å². The van der Waals surface area contributed by atoms with Gasteiger partial charge < -0.3 is 14.8 Å². The number of benzene rings is 2. The smallest absolute Gasteiger partial charge is 0.234 e. The summed E-state index contributed by atoms with van der Waals surface area (Å²) in [5, 5.41) is 2.91. The highest BCUT2D eigenvalue weighted by Crippen LogP contribution is 2.40. The molecule has 0 unspecified atom stereocenters. The summed E-state index contributed by atoms with van der Waals surface area (Å²) in [6, 6.07) is 6.42. The van der Waals surface area contributed by atoms with Gasteiger partial charge in [-0.25, -0.2) is 8.78 Å². The van der Waals surface area contributed by atoms with Crippen LogP contribution < -0.4 is 14.8 Å². The molecule has 126 valence electrons. The first-order chi connectivity index (χ1) is 11.5. The zero-order valence-electron chi connectivity index (χ0n) is 12.3. The molecule has 1 amide bonds. The predicted molar refractivity (Wildman–Crippen MR) is 88.7 cm³/mol. The highest BCUT2D eigenvalue weighted by molar-refractivity contribution is 7.99. The molecule has 4 nitrogen and oxygen atoms in total. The van der Waals surface area contributed by atoms with Gasteiger partial charge in [-0.05, 0) is 29.8 Å². The van der Waals surface area contributed by atoms with E-state index in [1.165, 1.54) is 11.8 Å². The molecule has 0 bridgehead atoms. The zero-order chi connectivity index (χ0) is 17.1. The highest BCUT2D eigenvalue weighted by atomic mass is 35.5. The van der Waals surface area contributed by atoms with E-state index in [2.05, 4.69) is 5.32 Å². The Balaban J connectivity index is 1.53. The highest BCUT2D eigenvalue weighted by Gasteiger charge is 2.18. The molecule has 1 N–H and O–H groups in total. The van der Waals surface area contributed by atoms with Crippen molar-refractivity contribution in [3.05, 3.63) is 52.6 Å². The topological polar surface area (TPSA) is 47.6 Å². The number of halogens is 3. The molecule has 24 heavy (non-hydrogen) atoms. The van der Waals surface area contributed by atoms with Crippen LogP contribution in [-0.4, -0.2) is 18.5 Å². The van der Waals surface area contributed by atoms with Gasteiger partial charge in [0.05, 0.1) is 10.8 Å². The summed E-state index contributed by atoms with van der Waals surface area (Å²) >= 11 is 7.43. The van der Waals surface area contributed by atoms with E-state index in [9.17, 15) is 13.6 Å². The molecule has 0 saturated heterocycles. The lowest BCUT2D eigenvalue weighted by atomic mass is 10.2. The van der Waals surface area contributed by atoms with Gasteiger partial charge in [-0.15, -0.1) is 11.8 Å².